The minimum atomic E-state index is -0.796. The maximum Gasteiger partial charge on any atom is 0.240 e. The van der Waals surface area contributed by atoms with E-state index in [1.54, 1.807) is 0 Å². The molecule has 0 radical (unpaired) electrons. The second-order valence-corrected chi connectivity index (χ2v) is 4.99. The Hall–Kier alpha value is -1.06. The molecule has 1 amide bonds. The Balaban J connectivity index is 2.80. The SMILES string of the molecule is CCC(N)(CC)C(=O)N[C@H](C)c1ccccc1Cl. The first-order valence-corrected chi connectivity index (χ1v) is 6.66. The molecule has 4 heteroatoms. The van der Waals surface area contributed by atoms with E-state index in [0.717, 1.165) is 5.56 Å². The average Bonchev–Trinajstić information content (AvgIpc) is 2.38. The zero-order valence-corrected chi connectivity index (χ0v) is 11.9. The van der Waals surface area contributed by atoms with Gasteiger partial charge in [-0.25, -0.2) is 0 Å². The van der Waals surface area contributed by atoms with Crippen LogP contribution in [0.4, 0.5) is 0 Å². The molecule has 0 spiro atoms. The van der Waals surface area contributed by atoms with Crippen molar-refractivity contribution >= 4 is 17.5 Å². The molecule has 1 aromatic rings. The van der Waals surface area contributed by atoms with Crippen LogP contribution in [0.3, 0.4) is 0 Å². The maximum absolute atomic E-state index is 12.1. The van der Waals surface area contributed by atoms with E-state index in [1.807, 2.05) is 45.0 Å². The van der Waals surface area contributed by atoms with E-state index < -0.39 is 5.54 Å². The number of amides is 1. The number of hydrogen-bond donors (Lipinski definition) is 2. The fourth-order valence-electron chi connectivity index (χ4n) is 1.82. The fraction of sp³-hybridized carbons (Fsp3) is 0.500. The molecule has 0 aromatic heterocycles. The monoisotopic (exact) mass is 268 g/mol. The molecule has 1 atom stereocenters. The van der Waals surface area contributed by atoms with E-state index in [4.69, 9.17) is 17.3 Å². The third-order valence-electron chi connectivity index (χ3n) is 3.43. The summed E-state index contributed by atoms with van der Waals surface area (Å²) in [5, 5.41) is 3.58. The van der Waals surface area contributed by atoms with Crippen LogP contribution in [0.25, 0.3) is 0 Å². The van der Waals surface area contributed by atoms with Gasteiger partial charge in [0.05, 0.1) is 11.6 Å². The standard InChI is InChI=1S/C14H21ClN2O/c1-4-14(16,5-2)13(18)17-10(3)11-8-6-7-9-12(11)15/h6-10H,4-5,16H2,1-3H3,(H,17,18)/t10-/m1/s1. The van der Waals surface area contributed by atoms with E-state index in [2.05, 4.69) is 5.32 Å². The molecule has 0 saturated carbocycles. The first kappa shape index (κ1) is 15.0. The predicted molar refractivity (Wildman–Crippen MR) is 75.5 cm³/mol. The largest absolute Gasteiger partial charge is 0.348 e. The number of carbonyl (C=O) groups excluding carboxylic acids is 1. The number of rotatable bonds is 5. The zero-order chi connectivity index (χ0) is 13.8. The molecule has 0 unspecified atom stereocenters. The number of nitrogens with two attached hydrogens (primary N) is 1. The molecule has 18 heavy (non-hydrogen) atoms. The molecule has 0 aliphatic rings. The minimum absolute atomic E-state index is 0.125. The lowest BCUT2D eigenvalue weighted by Crippen LogP contribution is -2.53. The van der Waals surface area contributed by atoms with Gasteiger partial charge in [-0.15, -0.1) is 0 Å². The first-order valence-electron chi connectivity index (χ1n) is 6.29. The molecular weight excluding hydrogens is 248 g/mol. The van der Waals surface area contributed by atoms with Gasteiger partial charge >= 0.3 is 0 Å². The topological polar surface area (TPSA) is 55.1 Å². The molecule has 1 rings (SSSR count). The van der Waals surface area contributed by atoms with Crippen molar-refractivity contribution in [1.29, 1.82) is 0 Å². The molecule has 3 nitrogen and oxygen atoms in total. The second-order valence-electron chi connectivity index (χ2n) is 4.58. The van der Waals surface area contributed by atoms with Gasteiger partial charge in [0.15, 0.2) is 0 Å². The summed E-state index contributed by atoms with van der Waals surface area (Å²) in [6.45, 7) is 5.75. The molecule has 0 bridgehead atoms. The molecule has 3 N–H and O–H groups in total. The van der Waals surface area contributed by atoms with Crippen molar-refractivity contribution < 1.29 is 4.79 Å². The first-order chi connectivity index (χ1) is 8.44. The van der Waals surface area contributed by atoms with Crippen LogP contribution in [0.1, 0.15) is 45.2 Å². The lowest BCUT2D eigenvalue weighted by atomic mass is 9.92. The maximum atomic E-state index is 12.1. The summed E-state index contributed by atoms with van der Waals surface area (Å²) in [5.41, 5.74) is 6.17. The van der Waals surface area contributed by atoms with Crippen LogP contribution in [-0.2, 0) is 4.79 Å². The predicted octanol–water partition coefficient (Wildman–Crippen LogP) is 3.03. The van der Waals surface area contributed by atoms with Crippen molar-refractivity contribution in [2.24, 2.45) is 5.73 Å². The Morgan fingerprint density at radius 2 is 1.94 bits per heavy atom. The van der Waals surface area contributed by atoms with Gasteiger partial charge in [-0.3, -0.25) is 4.79 Å². The van der Waals surface area contributed by atoms with Crippen LogP contribution < -0.4 is 11.1 Å². The van der Waals surface area contributed by atoms with Crippen molar-refractivity contribution in [3.05, 3.63) is 34.9 Å². The van der Waals surface area contributed by atoms with E-state index in [9.17, 15) is 4.79 Å². The number of nitrogens with one attached hydrogen (secondary N) is 1. The summed E-state index contributed by atoms with van der Waals surface area (Å²) in [4.78, 5) is 12.1. The Morgan fingerprint density at radius 1 is 1.39 bits per heavy atom. The molecule has 0 aliphatic heterocycles. The van der Waals surface area contributed by atoms with E-state index in [0.29, 0.717) is 17.9 Å². The van der Waals surface area contributed by atoms with Gasteiger partial charge in [-0.1, -0.05) is 43.6 Å². The molecule has 0 fully saturated rings. The van der Waals surface area contributed by atoms with Crippen molar-refractivity contribution in [3.8, 4) is 0 Å². The quantitative estimate of drug-likeness (QED) is 0.862. The van der Waals surface area contributed by atoms with Crippen molar-refractivity contribution in [2.45, 2.75) is 45.2 Å². The third-order valence-corrected chi connectivity index (χ3v) is 3.78. The van der Waals surface area contributed by atoms with E-state index in [-0.39, 0.29) is 11.9 Å². The zero-order valence-electron chi connectivity index (χ0n) is 11.2. The highest BCUT2D eigenvalue weighted by Crippen LogP contribution is 2.23. The Morgan fingerprint density at radius 3 is 2.44 bits per heavy atom. The van der Waals surface area contributed by atoms with Crippen molar-refractivity contribution in [3.63, 3.8) is 0 Å². The van der Waals surface area contributed by atoms with Gasteiger partial charge in [0.2, 0.25) is 5.91 Å². The Labute approximate surface area is 114 Å². The molecular formula is C14H21ClN2O. The number of halogens is 1. The van der Waals surface area contributed by atoms with Crippen LogP contribution in [0, 0.1) is 0 Å². The average molecular weight is 269 g/mol. The summed E-state index contributed by atoms with van der Waals surface area (Å²) >= 11 is 6.10. The van der Waals surface area contributed by atoms with Crippen LogP contribution in [0.2, 0.25) is 5.02 Å². The summed E-state index contributed by atoms with van der Waals surface area (Å²) in [5.74, 6) is -0.125. The lowest BCUT2D eigenvalue weighted by molar-refractivity contribution is -0.127. The Bertz CT molecular complexity index is 416. The van der Waals surface area contributed by atoms with Gasteiger partial charge in [-0.05, 0) is 31.4 Å². The highest BCUT2D eigenvalue weighted by molar-refractivity contribution is 6.31. The van der Waals surface area contributed by atoms with Crippen LogP contribution >= 0.6 is 11.6 Å². The molecule has 100 valence electrons. The molecule has 0 heterocycles. The summed E-state index contributed by atoms with van der Waals surface area (Å²) in [7, 11) is 0. The Kier molecular flexibility index (Phi) is 5.17. The molecule has 1 aromatic carbocycles. The number of benzene rings is 1. The normalized spacial score (nSPS) is 13.2. The van der Waals surface area contributed by atoms with Crippen molar-refractivity contribution in [1.82, 2.24) is 5.32 Å². The molecule has 0 aliphatic carbocycles. The fourth-order valence-corrected chi connectivity index (χ4v) is 2.11. The third kappa shape index (κ3) is 3.24. The van der Waals surface area contributed by atoms with Gasteiger partial charge in [0, 0.05) is 5.02 Å². The highest BCUT2D eigenvalue weighted by Gasteiger charge is 2.30. The highest BCUT2D eigenvalue weighted by atomic mass is 35.5. The summed E-state index contributed by atoms with van der Waals surface area (Å²) in [6, 6.07) is 7.34. The van der Waals surface area contributed by atoms with Crippen molar-refractivity contribution in [2.75, 3.05) is 0 Å². The van der Waals surface area contributed by atoms with Crippen LogP contribution in [0.5, 0.6) is 0 Å². The van der Waals surface area contributed by atoms with E-state index >= 15 is 0 Å². The summed E-state index contributed by atoms with van der Waals surface area (Å²) < 4.78 is 0. The van der Waals surface area contributed by atoms with Gasteiger partial charge in [-0.2, -0.15) is 0 Å². The lowest BCUT2D eigenvalue weighted by Gasteiger charge is -2.27. The minimum Gasteiger partial charge on any atom is -0.348 e. The summed E-state index contributed by atoms with van der Waals surface area (Å²) in [6.07, 6.45) is 1.23. The number of hydrogen-bond acceptors (Lipinski definition) is 2. The van der Waals surface area contributed by atoms with Crippen LogP contribution in [0.15, 0.2) is 24.3 Å². The van der Waals surface area contributed by atoms with Gasteiger partial charge in [0.1, 0.15) is 0 Å². The molecule has 0 saturated heterocycles. The second kappa shape index (κ2) is 6.21. The van der Waals surface area contributed by atoms with Gasteiger partial charge < -0.3 is 11.1 Å². The van der Waals surface area contributed by atoms with E-state index in [1.165, 1.54) is 0 Å². The van der Waals surface area contributed by atoms with Gasteiger partial charge in [0.25, 0.3) is 0 Å². The smallest absolute Gasteiger partial charge is 0.240 e. The van der Waals surface area contributed by atoms with Crippen LogP contribution in [-0.4, -0.2) is 11.4 Å². The number of carbonyl (C=O) groups is 1.